The molecule has 3 rings (SSSR count). The van der Waals surface area contributed by atoms with Crippen molar-refractivity contribution in [1.82, 2.24) is 19.8 Å². The fourth-order valence-electron chi connectivity index (χ4n) is 3.23. The van der Waals surface area contributed by atoms with Crippen LogP contribution in [0.4, 0.5) is 4.39 Å². The Hall–Kier alpha value is -2.34. The molecule has 1 aromatic carbocycles. The van der Waals surface area contributed by atoms with E-state index in [0.717, 1.165) is 36.3 Å². The van der Waals surface area contributed by atoms with Crippen LogP contribution in [0.2, 0.25) is 0 Å². The zero-order chi connectivity index (χ0) is 17.8. The maximum atomic E-state index is 13.4. The Morgan fingerprint density at radius 3 is 3.00 bits per heavy atom. The number of carbonyl (C=O) groups excluding carboxylic acids is 1. The van der Waals surface area contributed by atoms with Crippen molar-refractivity contribution in [2.75, 3.05) is 13.6 Å². The van der Waals surface area contributed by atoms with Gasteiger partial charge in [0.1, 0.15) is 5.82 Å². The number of likely N-dealkylation sites (tertiary alicyclic amines) is 1. The zero-order valence-electron chi connectivity index (χ0n) is 14.7. The van der Waals surface area contributed by atoms with E-state index in [1.807, 2.05) is 6.07 Å². The van der Waals surface area contributed by atoms with Crippen molar-refractivity contribution in [2.45, 2.75) is 38.9 Å². The molecule has 0 N–H and O–H groups in total. The fraction of sp³-hybridized carbons (Fsp3) is 0.421. The SMILES string of the molecule is CC(=O)N(C)Cc1cncc([C@@H]2CCCN2Cc2cccc(F)c2)n1. The minimum atomic E-state index is -0.206. The Kier molecular flexibility index (Phi) is 5.38. The number of hydrogen-bond donors (Lipinski definition) is 0. The van der Waals surface area contributed by atoms with Crippen LogP contribution in [-0.2, 0) is 17.9 Å². The van der Waals surface area contributed by atoms with Crippen LogP contribution in [0.3, 0.4) is 0 Å². The van der Waals surface area contributed by atoms with Crippen LogP contribution in [0.15, 0.2) is 36.7 Å². The van der Waals surface area contributed by atoms with Gasteiger partial charge in [0.15, 0.2) is 0 Å². The Balaban J connectivity index is 1.74. The van der Waals surface area contributed by atoms with Crippen molar-refractivity contribution in [2.24, 2.45) is 0 Å². The van der Waals surface area contributed by atoms with Gasteiger partial charge in [-0.05, 0) is 37.1 Å². The molecule has 0 bridgehead atoms. The van der Waals surface area contributed by atoms with Crippen LogP contribution in [0.5, 0.6) is 0 Å². The lowest BCUT2D eigenvalue weighted by molar-refractivity contribution is -0.128. The molecule has 0 saturated carbocycles. The Bertz CT molecular complexity index is 752. The summed E-state index contributed by atoms with van der Waals surface area (Å²) in [6.07, 6.45) is 5.59. The minimum Gasteiger partial charge on any atom is -0.340 e. The van der Waals surface area contributed by atoms with Gasteiger partial charge in [0.25, 0.3) is 0 Å². The monoisotopic (exact) mass is 342 g/mol. The van der Waals surface area contributed by atoms with E-state index in [9.17, 15) is 9.18 Å². The van der Waals surface area contributed by atoms with Gasteiger partial charge in [-0.1, -0.05) is 12.1 Å². The Morgan fingerprint density at radius 1 is 1.40 bits per heavy atom. The van der Waals surface area contributed by atoms with Crippen molar-refractivity contribution in [3.8, 4) is 0 Å². The minimum absolute atomic E-state index is 0.000741. The third kappa shape index (κ3) is 4.39. The van der Waals surface area contributed by atoms with Crippen molar-refractivity contribution in [1.29, 1.82) is 0 Å². The van der Waals surface area contributed by atoms with Crippen LogP contribution < -0.4 is 0 Å². The van der Waals surface area contributed by atoms with Crippen molar-refractivity contribution >= 4 is 5.91 Å². The van der Waals surface area contributed by atoms with Crippen LogP contribution in [0.1, 0.15) is 42.8 Å². The quantitative estimate of drug-likeness (QED) is 0.838. The lowest BCUT2D eigenvalue weighted by Crippen LogP contribution is -2.26. The van der Waals surface area contributed by atoms with Gasteiger partial charge in [0.05, 0.1) is 36.4 Å². The van der Waals surface area contributed by atoms with E-state index in [0.29, 0.717) is 13.1 Å². The molecule has 1 fully saturated rings. The summed E-state index contributed by atoms with van der Waals surface area (Å²) in [5.74, 6) is -0.205. The van der Waals surface area contributed by atoms with Gasteiger partial charge in [-0.25, -0.2) is 4.39 Å². The number of rotatable bonds is 5. The summed E-state index contributed by atoms with van der Waals surface area (Å²) in [7, 11) is 1.75. The third-order valence-corrected chi connectivity index (χ3v) is 4.62. The number of amides is 1. The maximum absolute atomic E-state index is 13.4. The number of benzene rings is 1. The summed E-state index contributed by atoms with van der Waals surface area (Å²) < 4.78 is 13.4. The predicted octanol–water partition coefficient (Wildman–Crippen LogP) is 2.93. The van der Waals surface area contributed by atoms with Crippen molar-refractivity contribution < 1.29 is 9.18 Å². The predicted molar refractivity (Wildman–Crippen MR) is 93.0 cm³/mol. The molecule has 2 heterocycles. The van der Waals surface area contributed by atoms with Gasteiger partial charge in [0, 0.05) is 20.5 Å². The third-order valence-electron chi connectivity index (χ3n) is 4.62. The van der Waals surface area contributed by atoms with E-state index in [2.05, 4.69) is 9.88 Å². The Morgan fingerprint density at radius 2 is 2.24 bits per heavy atom. The van der Waals surface area contributed by atoms with Crippen molar-refractivity contribution in [3.63, 3.8) is 0 Å². The second kappa shape index (κ2) is 7.70. The molecule has 1 aliphatic rings. The molecule has 0 radical (unpaired) electrons. The van der Waals surface area contributed by atoms with Gasteiger partial charge >= 0.3 is 0 Å². The highest BCUT2D eigenvalue weighted by molar-refractivity contribution is 5.72. The molecular weight excluding hydrogens is 319 g/mol. The number of nitrogens with zero attached hydrogens (tertiary/aromatic N) is 4. The molecule has 0 aliphatic carbocycles. The van der Waals surface area contributed by atoms with Crippen LogP contribution in [-0.4, -0.2) is 39.3 Å². The number of halogens is 1. The fourth-order valence-corrected chi connectivity index (χ4v) is 3.23. The van der Waals surface area contributed by atoms with Gasteiger partial charge in [-0.2, -0.15) is 0 Å². The summed E-state index contributed by atoms with van der Waals surface area (Å²) in [6, 6.07) is 6.92. The highest BCUT2D eigenvalue weighted by Gasteiger charge is 2.27. The normalized spacial score (nSPS) is 17.6. The van der Waals surface area contributed by atoms with E-state index in [1.165, 1.54) is 13.0 Å². The van der Waals surface area contributed by atoms with E-state index < -0.39 is 0 Å². The average Bonchev–Trinajstić information content (AvgIpc) is 3.03. The summed E-state index contributed by atoms with van der Waals surface area (Å²) in [6.45, 7) is 3.64. The molecule has 1 amide bonds. The molecule has 25 heavy (non-hydrogen) atoms. The molecule has 2 aromatic rings. The van der Waals surface area contributed by atoms with Gasteiger partial charge < -0.3 is 4.90 Å². The van der Waals surface area contributed by atoms with E-state index >= 15 is 0 Å². The average molecular weight is 342 g/mol. The summed E-state index contributed by atoms with van der Waals surface area (Å²) in [4.78, 5) is 24.4. The first-order chi connectivity index (χ1) is 12.0. The smallest absolute Gasteiger partial charge is 0.219 e. The highest BCUT2D eigenvalue weighted by Crippen LogP contribution is 2.32. The van der Waals surface area contributed by atoms with Crippen LogP contribution in [0.25, 0.3) is 0 Å². The Labute approximate surface area is 147 Å². The second-order valence-electron chi connectivity index (χ2n) is 6.57. The zero-order valence-corrected chi connectivity index (χ0v) is 14.7. The topological polar surface area (TPSA) is 49.3 Å². The van der Waals surface area contributed by atoms with Crippen LogP contribution >= 0.6 is 0 Å². The van der Waals surface area contributed by atoms with Gasteiger partial charge in [0.2, 0.25) is 5.91 Å². The molecule has 6 heteroatoms. The number of hydrogen-bond acceptors (Lipinski definition) is 4. The van der Waals surface area contributed by atoms with E-state index in [4.69, 9.17) is 4.98 Å². The van der Waals surface area contributed by atoms with Gasteiger partial charge in [-0.3, -0.25) is 19.7 Å². The number of carbonyl (C=O) groups is 1. The largest absolute Gasteiger partial charge is 0.340 e. The first kappa shape index (κ1) is 17.5. The molecule has 0 unspecified atom stereocenters. The molecule has 0 spiro atoms. The first-order valence-corrected chi connectivity index (χ1v) is 8.54. The molecule has 132 valence electrons. The first-order valence-electron chi connectivity index (χ1n) is 8.54. The molecule has 5 nitrogen and oxygen atoms in total. The lowest BCUT2D eigenvalue weighted by atomic mass is 10.1. The van der Waals surface area contributed by atoms with E-state index in [1.54, 1.807) is 36.5 Å². The van der Waals surface area contributed by atoms with E-state index in [-0.39, 0.29) is 17.8 Å². The molecule has 1 aliphatic heterocycles. The molecule has 1 aromatic heterocycles. The molecule has 1 atom stereocenters. The lowest BCUT2D eigenvalue weighted by Gasteiger charge is -2.24. The number of aromatic nitrogens is 2. The van der Waals surface area contributed by atoms with Gasteiger partial charge in [-0.15, -0.1) is 0 Å². The molecular formula is C19H23FN4O. The molecule has 1 saturated heterocycles. The second-order valence-corrected chi connectivity index (χ2v) is 6.57. The van der Waals surface area contributed by atoms with Crippen molar-refractivity contribution in [3.05, 3.63) is 59.4 Å². The summed E-state index contributed by atoms with van der Waals surface area (Å²) in [5, 5.41) is 0. The maximum Gasteiger partial charge on any atom is 0.219 e. The highest BCUT2D eigenvalue weighted by atomic mass is 19.1. The standard InChI is InChI=1S/C19H23FN4O/c1-14(25)23(2)13-17-10-21-11-18(22-17)19-7-4-8-24(19)12-15-5-3-6-16(20)9-15/h3,5-6,9-11,19H,4,7-8,12-13H2,1-2H3/t19-/m0/s1. The summed E-state index contributed by atoms with van der Waals surface area (Å²) >= 11 is 0. The van der Waals surface area contributed by atoms with Crippen LogP contribution in [0, 0.1) is 5.82 Å². The summed E-state index contributed by atoms with van der Waals surface area (Å²) in [5.41, 5.74) is 2.67.